The van der Waals surface area contributed by atoms with Crippen LogP contribution < -0.4 is 16.4 Å². The van der Waals surface area contributed by atoms with Gasteiger partial charge in [0.25, 0.3) is 0 Å². The van der Waals surface area contributed by atoms with Crippen molar-refractivity contribution in [2.24, 2.45) is 5.73 Å². The molecule has 0 aromatic heterocycles. The zero-order chi connectivity index (χ0) is 13.0. The fraction of sp³-hybridized carbons (Fsp3) is 0.333. The fourth-order valence-corrected chi connectivity index (χ4v) is 1.58. The Hall–Kier alpha value is -2.04. The zero-order valence-electron chi connectivity index (χ0n) is 10.2. The Morgan fingerprint density at radius 3 is 2.18 bits per heavy atom. The van der Waals surface area contributed by atoms with E-state index >= 15 is 0 Å². The van der Waals surface area contributed by atoms with Crippen LogP contribution in [0.5, 0.6) is 0 Å². The number of aryl methyl sites for hydroxylation is 2. The number of carbonyl (C=O) groups excluding carboxylic acids is 2. The van der Waals surface area contributed by atoms with E-state index in [9.17, 15) is 9.59 Å². The van der Waals surface area contributed by atoms with Crippen LogP contribution in [0.2, 0.25) is 0 Å². The summed E-state index contributed by atoms with van der Waals surface area (Å²) in [6, 6.07) is 4.37. The predicted octanol–water partition coefficient (Wildman–Crippen LogP) is 1.30. The minimum atomic E-state index is -0.715. The van der Waals surface area contributed by atoms with E-state index in [2.05, 4.69) is 10.6 Å². The molecular weight excluding hydrogens is 218 g/mol. The van der Waals surface area contributed by atoms with Crippen LogP contribution in [0.4, 0.5) is 10.5 Å². The molecule has 17 heavy (non-hydrogen) atoms. The molecule has 0 saturated heterocycles. The first kappa shape index (κ1) is 13.0. The number of nitrogens with one attached hydrogen (secondary N) is 2. The minimum Gasteiger partial charge on any atom is -0.352 e. The van der Waals surface area contributed by atoms with E-state index < -0.39 is 12.1 Å². The molecule has 3 amide bonds. The molecule has 5 nitrogen and oxygen atoms in total. The first-order valence-corrected chi connectivity index (χ1v) is 5.33. The Bertz CT molecular complexity index is 423. The monoisotopic (exact) mass is 235 g/mol. The Kier molecular flexibility index (Phi) is 4.09. The SMILES string of the molecule is Cc1cc(C)cc(NC(=O)[C@H](C)NC(N)=O)c1. The normalized spacial score (nSPS) is 11.7. The third-order valence-electron chi connectivity index (χ3n) is 2.24. The summed E-state index contributed by atoms with van der Waals surface area (Å²) in [6.45, 7) is 5.48. The smallest absolute Gasteiger partial charge is 0.312 e. The summed E-state index contributed by atoms with van der Waals surface area (Å²) in [6.07, 6.45) is 0. The molecule has 0 aliphatic heterocycles. The zero-order valence-corrected chi connectivity index (χ0v) is 10.2. The summed E-state index contributed by atoms with van der Waals surface area (Å²) in [5, 5.41) is 5.04. The molecule has 0 aliphatic rings. The number of carbonyl (C=O) groups is 2. The van der Waals surface area contributed by atoms with Gasteiger partial charge < -0.3 is 16.4 Å². The number of hydrogen-bond acceptors (Lipinski definition) is 2. The average Bonchev–Trinajstić information content (AvgIpc) is 2.14. The standard InChI is InChI=1S/C12H17N3O2/c1-7-4-8(2)6-10(5-7)15-11(16)9(3)14-12(13)17/h4-6,9H,1-3H3,(H,15,16)(H3,13,14,17)/t9-/m0/s1. The summed E-state index contributed by atoms with van der Waals surface area (Å²) in [5.74, 6) is -0.297. The van der Waals surface area contributed by atoms with Gasteiger partial charge in [0.15, 0.2) is 0 Å². The van der Waals surface area contributed by atoms with E-state index in [1.165, 1.54) is 0 Å². The van der Waals surface area contributed by atoms with Crippen molar-refractivity contribution >= 4 is 17.6 Å². The molecule has 0 radical (unpaired) electrons. The Morgan fingerprint density at radius 1 is 1.18 bits per heavy atom. The van der Waals surface area contributed by atoms with E-state index in [1.807, 2.05) is 32.0 Å². The molecule has 0 unspecified atom stereocenters. The third kappa shape index (κ3) is 4.14. The van der Waals surface area contributed by atoms with Crippen molar-refractivity contribution in [3.8, 4) is 0 Å². The van der Waals surface area contributed by atoms with Crippen molar-refractivity contribution in [2.45, 2.75) is 26.8 Å². The van der Waals surface area contributed by atoms with Crippen molar-refractivity contribution in [1.29, 1.82) is 0 Å². The van der Waals surface area contributed by atoms with Crippen molar-refractivity contribution in [3.05, 3.63) is 29.3 Å². The molecule has 1 aromatic rings. The third-order valence-corrected chi connectivity index (χ3v) is 2.24. The second kappa shape index (κ2) is 5.34. The molecule has 1 atom stereocenters. The van der Waals surface area contributed by atoms with E-state index in [4.69, 9.17) is 5.73 Å². The van der Waals surface area contributed by atoms with Gasteiger partial charge >= 0.3 is 6.03 Å². The topological polar surface area (TPSA) is 84.2 Å². The summed E-state index contributed by atoms with van der Waals surface area (Å²) in [5.41, 5.74) is 7.79. The Morgan fingerprint density at radius 2 is 1.71 bits per heavy atom. The van der Waals surface area contributed by atoms with E-state index in [1.54, 1.807) is 6.92 Å². The fourth-order valence-electron chi connectivity index (χ4n) is 1.58. The lowest BCUT2D eigenvalue weighted by molar-refractivity contribution is -0.117. The second-order valence-corrected chi connectivity index (χ2v) is 4.10. The van der Waals surface area contributed by atoms with Gasteiger partial charge in [0, 0.05) is 5.69 Å². The molecule has 5 heteroatoms. The van der Waals surface area contributed by atoms with Gasteiger partial charge in [0.1, 0.15) is 6.04 Å². The molecule has 0 bridgehead atoms. The highest BCUT2D eigenvalue weighted by Gasteiger charge is 2.14. The highest BCUT2D eigenvalue weighted by Crippen LogP contribution is 2.13. The van der Waals surface area contributed by atoms with Gasteiger partial charge in [-0.15, -0.1) is 0 Å². The molecular formula is C12H17N3O2. The number of rotatable bonds is 3. The lowest BCUT2D eigenvalue weighted by atomic mass is 10.1. The van der Waals surface area contributed by atoms with Gasteiger partial charge in [0.2, 0.25) is 5.91 Å². The number of hydrogen-bond donors (Lipinski definition) is 3. The maximum Gasteiger partial charge on any atom is 0.312 e. The molecule has 4 N–H and O–H groups in total. The number of nitrogens with two attached hydrogens (primary N) is 1. The lowest BCUT2D eigenvalue weighted by Crippen LogP contribution is -2.44. The van der Waals surface area contributed by atoms with Crippen LogP contribution in [-0.2, 0) is 4.79 Å². The van der Waals surface area contributed by atoms with E-state index in [-0.39, 0.29) is 5.91 Å². The van der Waals surface area contributed by atoms with Gasteiger partial charge in [0.05, 0.1) is 0 Å². The second-order valence-electron chi connectivity index (χ2n) is 4.10. The first-order chi connectivity index (χ1) is 7.88. The van der Waals surface area contributed by atoms with Crippen LogP contribution >= 0.6 is 0 Å². The molecule has 0 spiro atoms. The van der Waals surface area contributed by atoms with Crippen LogP contribution in [0.1, 0.15) is 18.1 Å². The highest BCUT2D eigenvalue weighted by atomic mass is 16.2. The average molecular weight is 235 g/mol. The van der Waals surface area contributed by atoms with Crippen LogP contribution in [0.3, 0.4) is 0 Å². The summed E-state index contributed by atoms with van der Waals surface area (Å²) >= 11 is 0. The number of anilines is 1. The van der Waals surface area contributed by atoms with Crippen molar-refractivity contribution < 1.29 is 9.59 Å². The number of urea groups is 1. The molecule has 92 valence electrons. The quantitative estimate of drug-likeness (QED) is 0.737. The van der Waals surface area contributed by atoms with Crippen molar-refractivity contribution in [3.63, 3.8) is 0 Å². The van der Waals surface area contributed by atoms with Gasteiger partial charge in [-0.1, -0.05) is 6.07 Å². The maximum atomic E-state index is 11.7. The van der Waals surface area contributed by atoms with E-state index in [0.717, 1.165) is 11.1 Å². The predicted molar refractivity (Wildman–Crippen MR) is 66.7 cm³/mol. The first-order valence-electron chi connectivity index (χ1n) is 5.33. The minimum absolute atomic E-state index is 0.297. The molecule has 1 aromatic carbocycles. The van der Waals surface area contributed by atoms with Crippen LogP contribution in [-0.4, -0.2) is 18.0 Å². The number of primary amides is 1. The maximum absolute atomic E-state index is 11.7. The Labute approximate surface area is 100 Å². The van der Waals surface area contributed by atoms with Crippen molar-refractivity contribution in [2.75, 3.05) is 5.32 Å². The summed E-state index contributed by atoms with van der Waals surface area (Å²) in [4.78, 5) is 22.3. The number of benzene rings is 1. The van der Waals surface area contributed by atoms with Crippen LogP contribution in [0.15, 0.2) is 18.2 Å². The molecule has 0 aliphatic carbocycles. The largest absolute Gasteiger partial charge is 0.352 e. The van der Waals surface area contributed by atoms with Gasteiger partial charge in [-0.25, -0.2) is 4.79 Å². The van der Waals surface area contributed by atoms with Crippen LogP contribution in [0.25, 0.3) is 0 Å². The molecule has 1 rings (SSSR count). The van der Waals surface area contributed by atoms with Gasteiger partial charge in [-0.3, -0.25) is 4.79 Å². The Balaban J connectivity index is 2.70. The van der Waals surface area contributed by atoms with E-state index in [0.29, 0.717) is 5.69 Å². The van der Waals surface area contributed by atoms with Crippen LogP contribution in [0, 0.1) is 13.8 Å². The van der Waals surface area contributed by atoms with Crippen molar-refractivity contribution in [1.82, 2.24) is 5.32 Å². The lowest BCUT2D eigenvalue weighted by Gasteiger charge is -2.13. The molecule has 0 saturated carbocycles. The summed E-state index contributed by atoms with van der Waals surface area (Å²) in [7, 11) is 0. The van der Waals surface area contributed by atoms with Gasteiger partial charge in [-0.2, -0.15) is 0 Å². The molecule has 0 heterocycles. The number of amides is 3. The van der Waals surface area contributed by atoms with Gasteiger partial charge in [-0.05, 0) is 44.0 Å². The molecule has 0 fully saturated rings. The highest BCUT2D eigenvalue weighted by molar-refractivity contribution is 5.96. The summed E-state index contributed by atoms with van der Waals surface area (Å²) < 4.78 is 0.